The highest BCUT2D eigenvalue weighted by Gasteiger charge is 2.34. The van der Waals surface area contributed by atoms with Crippen molar-refractivity contribution < 1.29 is 24.5 Å². The van der Waals surface area contributed by atoms with Crippen LogP contribution in [0.25, 0.3) is 0 Å². The molecule has 0 aromatic heterocycles. The number of methoxy groups -OCH3 is 1. The number of carbonyl (C=O) groups excluding carboxylic acids is 1. The fraction of sp³-hybridized carbons (Fsp3) is 0.400. The fourth-order valence-corrected chi connectivity index (χ4v) is 2.20. The van der Waals surface area contributed by atoms with Crippen molar-refractivity contribution in [1.82, 2.24) is 0 Å². The van der Waals surface area contributed by atoms with Crippen molar-refractivity contribution in [3.8, 4) is 0 Å². The molecule has 1 aromatic carbocycles. The van der Waals surface area contributed by atoms with Gasteiger partial charge >= 0.3 is 5.97 Å². The Morgan fingerprint density at radius 1 is 1.30 bits per heavy atom. The highest BCUT2D eigenvalue weighted by Crippen LogP contribution is 2.23. The normalized spacial score (nSPS) is 25.9. The summed E-state index contributed by atoms with van der Waals surface area (Å²) in [6, 6.07) is 9.48. The van der Waals surface area contributed by atoms with E-state index in [1.54, 1.807) is 0 Å². The Morgan fingerprint density at radius 2 is 2.00 bits per heavy atom. The van der Waals surface area contributed by atoms with Gasteiger partial charge in [0.2, 0.25) is 0 Å². The summed E-state index contributed by atoms with van der Waals surface area (Å²) < 4.78 is 10.1. The summed E-state index contributed by atoms with van der Waals surface area (Å²) in [6.45, 7) is 0.293. The average molecular weight is 278 g/mol. The van der Waals surface area contributed by atoms with Gasteiger partial charge in [0.05, 0.1) is 19.8 Å². The summed E-state index contributed by atoms with van der Waals surface area (Å²) >= 11 is 0. The predicted molar refractivity (Wildman–Crippen MR) is 71.7 cm³/mol. The van der Waals surface area contributed by atoms with Crippen LogP contribution in [0.3, 0.4) is 0 Å². The molecule has 0 fully saturated rings. The summed E-state index contributed by atoms with van der Waals surface area (Å²) in [6.07, 6.45) is -1.22. The van der Waals surface area contributed by atoms with Crippen LogP contribution in [0.5, 0.6) is 0 Å². The maximum Gasteiger partial charge on any atom is 0.333 e. The van der Waals surface area contributed by atoms with E-state index in [2.05, 4.69) is 4.74 Å². The van der Waals surface area contributed by atoms with E-state index in [0.29, 0.717) is 6.61 Å². The van der Waals surface area contributed by atoms with Gasteiger partial charge in [-0.05, 0) is 11.6 Å². The van der Waals surface area contributed by atoms with Crippen LogP contribution in [0.1, 0.15) is 12.0 Å². The zero-order valence-corrected chi connectivity index (χ0v) is 11.2. The molecular weight excluding hydrogens is 260 g/mol. The molecule has 0 heterocycles. The van der Waals surface area contributed by atoms with Crippen LogP contribution >= 0.6 is 0 Å². The van der Waals surface area contributed by atoms with E-state index < -0.39 is 24.3 Å². The molecule has 0 amide bonds. The topological polar surface area (TPSA) is 76.0 Å². The van der Waals surface area contributed by atoms with Gasteiger partial charge in [0, 0.05) is 12.0 Å². The van der Waals surface area contributed by atoms with E-state index in [9.17, 15) is 15.0 Å². The Labute approximate surface area is 117 Å². The Hall–Kier alpha value is -1.69. The smallest absolute Gasteiger partial charge is 0.333 e. The van der Waals surface area contributed by atoms with Crippen molar-refractivity contribution >= 4 is 5.97 Å². The lowest BCUT2D eigenvalue weighted by Crippen LogP contribution is -2.43. The Balaban J connectivity index is 1.99. The lowest BCUT2D eigenvalue weighted by molar-refractivity contribution is -0.138. The summed E-state index contributed by atoms with van der Waals surface area (Å²) in [4.78, 5) is 11.4. The van der Waals surface area contributed by atoms with Gasteiger partial charge in [0.1, 0.15) is 12.2 Å². The first-order valence-electron chi connectivity index (χ1n) is 6.42. The molecule has 5 heteroatoms. The van der Waals surface area contributed by atoms with Crippen molar-refractivity contribution in [2.75, 3.05) is 7.11 Å². The van der Waals surface area contributed by atoms with Gasteiger partial charge in [-0.2, -0.15) is 0 Å². The van der Waals surface area contributed by atoms with Crippen molar-refractivity contribution in [3.63, 3.8) is 0 Å². The molecule has 0 bridgehead atoms. The molecule has 2 N–H and O–H groups in total. The van der Waals surface area contributed by atoms with E-state index in [4.69, 9.17) is 4.74 Å². The van der Waals surface area contributed by atoms with E-state index in [-0.39, 0.29) is 12.0 Å². The quantitative estimate of drug-likeness (QED) is 0.797. The van der Waals surface area contributed by atoms with E-state index in [0.717, 1.165) is 5.56 Å². The number of benzene rings is 1. The number of aliphatic hydroxyl groups is 2. The number of aliphatic hydroxyl groups excluding tert-OH is 2. The first kappa shape index (κ1) is 14.7. The van der Waals surface area contributed by atoms with Crippen LogP contribution in [0.4, 0.5) is 0 Å². The minimum absolute atomic E-state index is 0.114. The van der Waals surface area contributed by atoms with E-state index in [1.165, 1.54) is 13.2 Å². The van der Waals surface area contributed by atoms with Crippen molar-refractivity contribution in [2.24, 2.45) is 0 Å². The second-order valence-electron chi connectivity index (χ2n) is 4.71. The third-order valence-electron chi connectivity index (χ3n) is 3.25. The SMILES string of the molecule is COC(=O)C1=C[C@H](O)[C@@H](OCc2ccccc2)[C@H](O)C1. The van der Waals surface area contributed by atoms with Crippen molar-refractivity contribution in [1.29, 1.82) is 0 Å². The number of hydrogen-bond donors (Lipinski definition) is 2. The average Bonchev–Trinajstić information content (AvgIpc) is 2.46. The van der Waals surface area contributed by atoms with Crippen LogP contribution in [-0.4, -0.2) is 41.6 Å². The standard InChI is InChI=1S/C15H18O5/c1-19-15(18)11-7-12(16)14(13(17)8-11)20-9-10-5-3-2-4-6-10/h2-7,12-14,16-17H,8-9H2,1H3/t12-,13+,14+/m0/s1. The Kier molecular flexibility index (Phi) is 4.89. The highest BCUT2D eigenvalue weighted by atomic mass is 16.5. The summed E-state index contributed by atoms with van der Waals surface area (Å²) in [5.41, 5.74) is 1.22. The molecule has 20 heavy (non-hydrogen) atoms. The van der Waals surface area contributed by atoms with Gasteiger partial charge in [0.25, 0.3) is 0 Å². The molecule has 108 valence electrons. The minimum atomic E-state index is -1.03. The number of ether oxygens (including phenoxy) is 2. The van der Waals surface area contributed by atoms with Gasteiger partial charge in [-0.15, -0.1) is 0 Å². The van der Waals surface area contributed by atoms with E-state index in [1.807, 2.05) is 30.3 Å². The third-order valence-corrected chi connectivity index (χ3v) is 3.25. The monoisotopic (exact) mass is 278 g/mol. The fourth-order valence-electron chi connectivity index (χ4n) is 2.20. The third kappa shape index (κ3) is 3.45. The molecule has 2 rings (SSSR count). The second-order valence-corrected chi connectivity index (χ2v) is 4.71. The minimum Gasteiger partial charge on any atom is -0.466 e. The molecule has 1 aliphatic carbocycles. The predicted octanol–water partition coefficient (Wildman–Crippen LogP) is 0.797. The second kappa shape index (κ2) is 6.65. The summed E-state index contributed by atoms with van der Waals surface area (Å²) in [5.74, 6) is -0.537. The lowest BCUT2D eigenvalue weighted by atomic mass is 9.92. The molecule has 1 aromatic rings. The Bertz CT molecular complexity index is 482. The van der Waals surface area contributed by atoms with Crippen LogP contribution in [-0.2, 0) is 20.9 Å². The van der Waals surface area contributed by atoms with Gasteiger partial charge in [0.15, 0.2) is 0 Å². The molecule has 0 saturated carbocycles. The molecule has 0 unspecified atom stereocenters. The zero-order valence-electron chi connectivity index (χ0n) is 11.2. The first-order valence-corrected chi connectivity index (χ1v) is 6.42. The van der Waals surface area contributed by atoms with Crippen LogP contribution in [0, 0.1) is 0 Å². The molecular formula is C15H18O5. The van der Waals surface area contributed by atoms with Gasteiger partial charge in [-0.25, -0.2) is 4.79 Å². The Morgan fingerprint density at radius 3 is 2.60 bits per heavy atom. The number of carbonyl (C=O) groups is 1. The molecule has 0 aliphatic heterocycles. The molecule has 0 saturated heterocycles. The van der Waals surface area contributed by atoms with Crippen LogP contribution in [0.2, 0.25) is 0 Å². The first-order chi connectivity index (χ1) is 9.61. The van der Waals surface area contributed by atoms with Gasteiger partial charge in [-0.1, -0.05) is 30.3 Å². The molecule has 5 nitrogen and oxygen atoms in total. The molecule has 3 atom stereocenters. The number of esters is 1. The molecule has 0 radical (unpaired) electrons. The van der Waals surface area contributed by atoms with E-state index >= 15 is 0 Å². The number of rotatable bonds is 4. The lowest BCUT2D eigenvalue weighted by Gasteiger charge is -2.30. The zero-order chi connectivity index (χ0) is 14.5. The van der Waals surface area contributed by atoms with Gasteiger partial charge in [-0.3, -0.25) is 0 Å². The van der Waals surface area contributed by atoms with Gasteiger partial charge < -0.3 is 19.7 Å². The summed E-state index contributed by atoms with van der Waals surface area (Å²) in [5, 5.41) is 20.0. The highest BCUT2D eigenvalue weighted by molar-refractivity contribution is 5.88. The summed E-state index contributed by atoms with van der Waals surface area (Å²) in [7, 11) is 1.26. The number of hydrogen-bond acceptors (Lipinski definition) is 5. The van der Waals surface area contributed by atoms with Crippen molar-refractivity contribution in [3.05, 3.63) is 47.5 Å². The van der Waals surface area contributed by atoms with Crippen LogP contribution < -0.4 is 0 Å². The molecule has 1 aliphatic rings. The molecule has 0 spiro atoms. The maximum absolute atomic E-state index is 11.4. The largest absolute Gasteiger partial charge is 0.466 e. The van der Waals surface area contributed by atoms with Crippen molar-refractivity contribution in [2.45, 2.75) is 31.3 Å². The maximum atomic E-state index is 11.4. The van der Waals surface area contributed by atoms with Crippen LogP contribution in [0.15, 0.2) is 42.0 Å².